The first-order chi connectivity index (χ1) is 10.7. The maximum Gasteiger partial charge on any atom is 0.250 e. The number of rotatable bonds is 7. The first-order valence-electron chi connectivity index (χ1n) is 6.86. The van der Waals surface area contributed by atoms with Crippen LogP contribution in [0.1, 0.15) is 0 Å². The third-order valence-electron chi connectivity index (χ3n) is 2.91. The number of carbonyl (C=O) groups excluding carboxylic acids is 1. The van der Waals surface area contributed by atoms with Gasteiger partial charge >= 0.3 is 0 Å². The maximum atomic E-state index is 11.9. The van der Waals surface area contributed by atoms with Crippen molar-refractivity contribution in [3.05, 3.63) is 59.0 Å². The van der Waals surface area contributed by atoms with Gasteiger partial charge in [0.1, 0.15) is 18.9 Å². The number of hydrogen-bond donors (Lipinski definition) is 1. The summed E-state index contributed by atoms with van der Waals surface area (Å²) >= 11 is 0. The zero-order valence-electron chi connectivity index (χ0n) is 12.3. The minimum absolute atomic E-state index is 0.0221. The fourth-order valence-electron chi connectivity index (χ4n) is 1.82. The predicted octanol–water partition coefficient (Wildman–Crippen LogP) is 1.51. The molecule has 2 aromatic rings. The molecule has 0 saturated carbocycles. The summed E-state index contributed by atoms with van der Waals surface area (Å²) in [6, 6.07) is 11.8. The molecule has 0 bridgehead atoms. The topological polar surface area (TPSA) is 69.6 Å². The summed E-state index contributed by atoms with van der Waals surface area (Å²) in [5.74, 6) is 0.440. The highest BCUT2D eigenvalue weighted by atomic mass is 16.5. The molecule has 116 valence electrons. The average molecular weight is 302 g/mol. The van der Waals surface area contributed by atoms with E-state index >= 15 is 0 Å². The van der Waals surface area contributed by atoms with Gasteiger partial charge in [0.2, 0.25) is 5.91 Å². The van der Waals surface area contributed by atoms with Gasteiger partial charge in [0, 0.05) is 25.1 Å². The molecule has 0 unspecified atom stereocenters. The van der Waals surface area contributed by atoms with Crippen LogP contribution in [0.4, 0.5) is 5.69 Å². The van der Waals surface area contributed by atoms with Gasteiger partial charge in [0.25, 0.3) is 5.56 Å². The molecule has 0 aliphatic heterocycles. The van der Waals surface area contributed by atoms with Gasteiger partial charge < -0.3 is 19.4 Å². The van der Waals surface area contributed by atoms with Crippen molar-refractivity contribution in [2.75, 3.05) is 25.6 Å². The molecule has 6 heteroatoms. The Hall–Kier alpha value is -2.60. The van der Waals surface area contributed by atoms with Gasteiger partial charge in [0.05, 0.1) is 6.61 Å². The van der Waals surface area contributed by atoms with E-state index < -0.39 is 0 Å². The van der Waals surface area contributed by atoms with E-state index in [0.29, 0.717) is 24.7 Å². The van der Waals surface area contributed by atoms with Crippen LogP contribution in [0.25, 0.3) is 0 Å². The predicted molar refractivity (Wildman–Crippen MR) is 83.1 cm³/mol. The minimum atomic E-state index is -0.263. The summed E-state index contributed by atoms with van der Waals surface area (Å²) in [6.45, 7) is 0.967. The fourth-order valence-corrected chi connectivity index (χ4v) is 1.82. The second-order valence-electron chi connectivity index (χ2n) is 4.58. The highest BCUT2D eigenvalue weighted by molar-refractivity contribution is 5.90. The number of nitrogens with one attached hydrogen (secondary N) is 1. The van der Waals surface area contributed by atoms with Crippen LogP contribution in [0.5, 0.6) is 5.75 Å². The molecule has 0 radical (unpaired) electrons. The molecule has 1 heterocycles. The number of amides is 1. The Morgan fingerprint density at radius 3 is 2.59 bits per heavy atom. The number of benzene rings is 1. The lowest BCUT2D eigenvalue weighted by atomic mass is 10.3. The first kappa shape index (κ1) is 15.8. The van der Waals surface area contributed by atoms with Gasteiger partial charge in [-0.2, -0.15) is 0 Å². The van der Waals surface area contributed by atoms with Crippen molar-refractivity contribution in [3.63, 3.8) is 0 Å². The highest BCUT2D eigenvalue weighted by Gasteiger charge is 2.04. The molecule has 0 atom stereocenters. The summed E-state index contributed by atoms with van der Waals surface area (Å²) in [4.78, 5) is 23.4. The normalized spacial score (nSPS) is 10.2. The van der Waals surface area contributed by atoms with Gasteiger partial charge in [-0.05, 0) is 30.3 Å². The van der Waals surface area contributed by atoms with E-state index in [4.69, 9.17) is 9.47 Å². The molecule has 0 aliphatic rings. The molecule has 1 N–H and O–H groups in total. The van der Waals surface area contributed by atoms with Crippen molar-refractivity contribution < 1.29 is 14.3 Å². The van der Waals surface area contributed by atoms with Crippen LogP contribution in [-0.4, -0.2) is 30.8 Å². The molecule has 1 aromatic heterocycles. The summed E-state index contributed by atoms with van der Waals surface area (Å²) in [6.07, 6.45) is 1.58. The molecular weight excluding hydrogens is 284 g/mol. The Morgan fingerprint density at radius 2 is 1.91 bits per heavy atom. The largest absolute Gasteiger partial charge is 0.491 e. The Kier molecular flexibility index (Phi) is 5.73. The smallest absolute Gasteiger partial charge is 0.250 e. The standard InChI is InChI=1S/C16H18N2O4/c1-21-10-11-22-14-7-5-13(6-8-14)17-15(19)12-18-9-3-2-4-16(18)20/h2-9H,10-12H2,1H3,(H,17,19). The van der Waals surface area contributed by atoms with Crippen molar-refractivity contribution in [2.24, 2.45) is 0 Å². The van der Waals surface area contributed by atoms with E-state index in [2.05, 4.69) is 5.32 Å². The lowest BCUT2D eigenvalue weighted by Crippen LogP contribution is -2.26. The van der Waals surface area contributed by atoms with Gasteiger partial charge in [0.15, 0.2) is 0 Å². The van der Waals surface area contributed by atoms with Crippen LogP contribution in [0.15, 0.2) is 53.5 Å². The zero-order chi connectivity index (χ0) is 15.8. The van der Waals surface area contributed by atoms with Crippen LogP contribution >= 0.6 is 0 Å². The maximum absolute atomic E-state index is 11.9. The number of nitrogens with zero attached hydrogens (tertiary/aromatic N) is 1. The highest BCUT2D eigenvalue weighted by Crippen LogP contribution is 2.15. The second-order valence-corrected chi connectivity index (χ2v) is 4.58. The average Bonchev–Trinajstić information content (AvgIpc) is 2.51. The monoisotopic (exact) mass is 302 g/mol. The lowest BCUT2D eigenvalue weighted by Gasteiger charge is -2.09. The van der Waals surface area contributed by atoms with Gasteiger partial charge in [-0.25, -0.2) is 0 Å². The number of pyridine rings is 1. The Morgan fingerprint density at radius 1 is 1.14 bits per heavy atom. The molecule has 0 spiro atoms. The Labute approximate surface area is 128 Å². The SMILES string of the molecule is COCCOc1ccc(NC(=O)Cn2ccccc2=O)cc1. The van der Waals surface area contributed by atoms with Crippen molar-refractivity contribution in [3.8, 4) is 5.75 Å². The summed E-state index contributed by atoms with van der Waals surface area (Å²) < 4.78 is 11.7. The molecule has 1 aromatic carbocycles. The van der Waals surface area contributed by atoms with E-state index in [1.54, 1.807) is 49.7 Å². The number of hydrogen-bond acceptors (Lipinski definition) is 4. The number of ether oxygens (including phenoxy) is 2. The van der Waals surface area contributed by atoms with Gasteiger partial charge in [-0.15, -0.1) is 0 Å². The quantitative estimate of drug-likeness (QED) is 0.787. The third-order valence-corrected chi connectivity index (χ3v) is 2.91. The molecule has 0 aliphatic carbocycles. The first-order valence-corrected chi connectivity index (χ1v) is 6.86. The summed E-state index contributed by atoms with van der Waals surface area (Å²) in [5.41, 5.74) is 0.438. The van der Waals surface area contributed by atoms with E-state index in [-0.39, 0.29) is 18.0 Å². The zero-order valence-corrected chi connectivity index (χ0v) is 12.3. The van der Waals surface area contributed by atoms with Crippen molar-refractivity contribution >= 4 is 11.6 Å². The number of aromatic nitrogens is 1. The van der Waals surface area contributed by atoms with Crippen LogP contribution in [0, 0.1) is 0 Å². The van der Waals surface area contributed by atoms with Crippen LogP contribution in [-0.2, 0) is 16.1 Å². The molecular formula is C16H18N2O4. The number of anilines is 1. The van der Waals surface area contributed by atoms with E-state index in [9.17, 15) is 9.59 Å². The molecule has 1 amide bonds. The summed E-state index contributed by atoms with van der Waals surface area (Å²) in [7, 11) is 1.61. The van der Waals surface area contributed by atoms with Crippen molar-refractivity contribution in [2.45, 2.75) is 6.54 Å². The molecule has 22 heavy (non-hydrogen) atoms. The molecule has 2 rings (SSSR count). The molecule has 0 saturated heterocycles. The van der Waals surface area contributed by atoms with E-state index in [1.807, 2.05) is 0 Å². The molecule has 0 fully saturated rings. The Bertz CT molecular complexity index is 664. The van der Waals surface area contributed by atoms with Crippen molar-refractivity contribution in [1.82, 2.24) is 4.57 Å². The van der Waals surface area contributed by atoms with Gasteiger partial charge in [-0.1, -0.05) is 6.07 Å². The fraction of sp³-hybridized carbons (Fsp3) is 0.250. The second kappa shape index (κ2) is 7.99. The lowest BCUT2D eigenvalue weighted by molar-refractivity contribution is -0.116. The van der Waals surface area contributed by atoms with Gasteiger partial charge in [-0.3, -0.25) is 9.59 Å². The Balaban J connectivity index is 1.89. The van der Waals surface area contributed by atoms with Crippen LogP contribution < -0.4 is 15.6 Å². The van der Waals surface area contributed by atoms with E-state index in [1.165, 1.54) is 10.6 Å². The minimum Gasteiger partial charge on any atom is -0.491 e. The number of carbonyl (C=O) groups is 1. The van der Waals surface area contributed by atoms with Crippen LogP contribution in [0.3, 0.4) is 0 Å². The molecule has 6 nitrogen and oxygen atoms in total. The van der Waals surface area contributed by atoms with Crippen LogP contribution in [0.2, 0.25) is 0 Å². The third kappa shape index (κ3) is 4.75. The number of methoxy groups -OCH3 is 1. The van der Waals surface area contributed by atoms with E-state index in [0.717, 1.165) is 0 Å². The summed E-state index contributed by atoms with van der Waals surface area (Å²) in [5, 5.41) is 2.73. The van der Waals surface area contributed by atoms with Crippen molar-refractivity contribution in [1.29, 1.82) is 0 Å².